The molecule has 1 saturated heterocycles. The Morgan fingerprint density at radius 1 is 1.61 bits per heavy atom. The number of pyridine rings is 1. The predicted molar refractivity (Wildman–Crippen MR) is 69.8 cm³/mol. The summed E-state index contributed by atoms with van der Waals surface area (Å²) in [6.07, 6.45) is 3.52. The molecule has 1 aromatic rings. The monoisotopic (exact) mass is 249 g/mol. The van der Waals surface area contributed by atoms with Crippen LogP contribution in [0.4, 0.5) is 0 Å². The van der Waals surface area contributed by atoms with Crippen molar-refractivity contribution in [1.82, 2.24) is 15.2 Å². The maximum atomic E-state index is 12.3. The number of nitrogens with one attached hydrogen (secondary N) is 2. The van der Waals surface area contributed by atoms with Gasteiger partial charge in [0.2, 0.25) is 0 Å². The number of carbonyl (C=O) groups is 1. The van der Waals surface area contributed by atoms with Crippen molar-refractivity contribution in [3.05, 3.63) is 33.7 Å². The van der Waals surface area contributed by atoms with Crippen LogP contribution in [0.2, 0.25) is 0 Å². The zero-order chi connectivity index (χ0) is 13.1. The second kappa shape index (κ2) is 5.35. The molecule has 0 saturated carbocycles. The Morgan fingerprint density at radius 3 is 3.06 bits per heavy atom. The first-order valence-electron chi connectivity index (χ1n) is 6.28. The van der Waals surface area contributed by atoms with E-state index in [0.717, 1.165) is 31.6 Å². The van der Waals surface area contributed by atoms with E-state index in [2.05, 4.69) is 10.3 Å². The predicted octanol–water partition coefficient (Wildman–Crippen LogP) is 0.507. The molecular formula is C13H19N3O2. The third-order valence-electron chi connectivity index (χ3n) is 3.37. The number of carbonyl (C=O) groups excluding carboxylic acids is 1. The molecule has 1 amide bonds. The van der Waals surface area contributed by atoms with E-state index in [1.807, 2.05) is 7.05 Å². The van der Waals surface area contributed by atoms with E-state index in [1.165, 1.54) is 12.3 Å². The summed E-state index contributed by atoms with van der Waals surface area (Å²) in [5.74, 6) is -0.158. The number of aromatic nitrogens is 1. The Labute approximate surface area is 106 Å². The maximum absolute atomic E-state index is 12.3. The van der Waals surface area contributed by atoms with Gasteiger partial charge >= 0.3 is 0 Å². The molecule has 5 nitrogen and oxygen atoms in total. The van der Waals surface area contributed by atoms with Gasteiger partial charge in [-0.1, -0.05) is 0 Å². The van der Waals surface area contributed by atoms with Crippen LogP contribution in [0.15, 0.2) is 17.1 Å². The number of aromatic amines is 1. The lowest BCUT2D eigenvalue weighted by molar-refractivity contribution is 0.0735. The average Bonchev–Trinajstić information content (AvgIpc) is 2.77. The summed E-state index contributed by atoms with van der Waals surface area (Å²) >= 11 is 0. The van der Waals surface area contributed by atoms with Crippen LogP contribution >= 0.6 is 0 Å². The molecule has 1 aliphatic heterocycles. The third-order valence-corrected chi connectivity index (χ3v) is 3.37. The van der Waals surface area contributed by atoms with Crippen LogP contribution in [0.25, 0.3) is 0 Å². The SMILES string of the molecule is CNCC1CCCN1C(=O)c1c[nH]c(C)cc1=O. The Balaban J connectivity index is 2.22. The number of amides is 1. The number of nitrogens with zero attached hydrogens (tertiary/aromatic N) is 1. The second-order valence-electron chi connectivity index (χ2n) is 4.75. The fraction of sp³-hybridized carbons (Fsp3) is 0.538. The average molecular weight is 249 g/mol. The molecule has 98 valence electrons. The van der Waals surface area contributed by atoms with Crippen LogP contribution in [0, 0.1) is 6.92 Å². The van der Waals surface area contributed by atoms with Crippen molar-refractivity contribution in [2.75, 3.05) is 20.1 Å². The van der Waals surface area contributed by atoms with Gasteiger partial charge in [0.15, 0.2) is 5.43 Å². The fourth-order valence-electron chi connectivity index (χ4n) is 2.45. The summed E-state index contributed by atoms with van der Waals surface area (Å²) in [7, 11) is 1.87. The molecule has 0 aromatic carbocycles. The third kappa shape index (κ3) is 2.46. The van der Waals surface area contributed by atoms with E-state index < -0.39 is 0 Å². The van der Waals surface area contributed by atoms with Gasteiger partial charge in [-0.15, -0.1) is 0 Å². The summed E-state index contributed by atoms with van der Waals surface area (Å²) in [4.78, 5) is 28.9. The Kier molecular flexibility index (Phi) is 3.81. The number of hydrogen-bond acceptors (Lipinski definition) is 3. The Hall–Kier alpha value is -1.62. The number of likely N-dealkylation sites (tertiary alicyclic amines) is 1. The van der Waals surface area contributed by atoms with Gasteiger partial charge in [0.1, 0.15) is 5.56 Å². The molecule has 18 heavy (non-hydrogen) atoms. The minimum absolute atomic E-state index is 0.158. The van der Waals surface area contributed by atoms with Gasteiger partial charge in [-0.05, 0) is 26.8 Å². The van der Waals surface area contributed by atoms with Crippen LogP contribution in [0.1, 0.15) is 28.9 Å². The van der Waals surface area contributed by atoms with Crippen LogP contribution < -0.4 is 10.7 Å². The van der Waals surface area contributed by atoms with E-state index in [-0.39, 0.29) is 22.9 Å². The smallest absolute Gasteiger partial charge is 0.259 e. The molecule has 1 fully saturated rings. The topological polar surface area (TPSA) is 65.2 Å². The van der Waals surface area contributed by atoms with E-state index in [1.54, 1.807) is 11.8 Å². The second-order valence-corrected chi connectivity index (χ2v) is 4.75. The summed E-state index contributed by atoms with van der Waals surface area (Å²) in [6.45, 7) is 3.31. The maximum Gasteiger partial charge on any atom is 0.259 e. The summed E-state index contributed by atoms with van der Waals surface area (Å²) in [5.41, 5.74) is 0.805. The molecule has 5 heteroatoms. The minimum Gasteiger partial charge on any atom is -0.364 e. The molecule has 2 heterocycles. The Morgan fingerprint density at radius 2 is 2.39 bits per heavy atom. The number of likely N-dealkylation sites (N-methyl/N-ethyl adjacent to an activating group) is 1. The van der Waals surface area contributed by atoms with E-state index in [9.17, 15) is 9.59 Å². The first-order valence-corrected chi connectivity index (χ1v) is 6.28. The summed E-state index contributed by atoms with van der Waals surface area (Å²) in [6, 6.07) is 1.67. The highest BCUT2D eigenvalue weighted by Gasteiger charge is 2.29. The zero-order valence-corrected chi connectivity index (χ0v) is 10.8. The van der Waals surface area contributed by atoms with Crippen molar-refractivity contribution in [2.45, 2.75) is 25.8 Å². The largest absolute Gasteiger partial charge is 0.364 e. The van der Waals surface area contributed by atoms with Crippen molar-refractivity contribution >= 4 is 5.91 Å². The van der Waals surface area contributed by atoms with Gasteiger partial charge in [0, 0.05) is 37.1 Å². The lowest BCUT2D eigenvalue weighted by Crippen LogP contribution is -2.42. The first kappa shape index (κ1) is 12.8. The quantitative estimate of drug-likeness (QED) is 0.820. The van der Waals surface area contributed by atoms with Crippen LogP contribution in [0.3, 0.4) is 0 Å². The highest BCUT2D eigenvalue weighted by atomic mass is 16.2. The first-order chi connectivity index (χ1) is 8.63. The van der Waals surface area contributed by atoms with Gasteiger partial charge in [-0.3, -0.25) is 9.59 Å². The molecule has 0 aliphatic carbocycles. The van der Waals surface area contributed by atoms with E-state index >= 15 is 0 Å². The lowest BCUT2D eigenvalue weighted by atomic mass is 10.2. The van der Waals surface area contributed by atoms with Gasteiger partial charge in [0.25, 0.3) is 5.91 Å². The standard InChI is InChI=1S/C13H19N3O2/c1-9-6-12(17)11(8-15-9)13(18)16-5-3-4-10(16)7-14-2/h6,8,10,14H,3-5,7H2,1-2H3,(H,15,17). The normalized spacial score (nSPS) is 19.2. The molecule has 1 unspecified atom stereocenters. The number of aryl methyl sites for hydroxylation is 1. The van der Waals surface area contributed by atoms with Crippen molar-refractivity contribution < 1.29 is 4.79 Å². The summed E-state index contributed by atoms with van der Waals surface area (Å²) < 4.78 is 0. The number of rotatable bonds is 3. The molecule has 1 aromatic heterocycles. The molecule has 0 spiro atoms. The van der Waals surface area contributed by atoms with Gasteiger partial charge in [-0.2, -0.15) is 0 Å². The molecule has 0 radical (unpaired) electrons. The summed E-state index contributed by atoms with van der Waals surface area (Å²) in [5, 5.41) is 3.09. The molecule has 2 rings (SSSR count). The highest BCUT2D eigenvalue weighted by Crippen LogP contribution is 2.18. The van der Waals surface area contributed by atoms with Crippen molar-refractivity contribution in [3.8, 4) is 0 Å². The van der Waals surface area contributed by atoms with E-state index in [0.29, 0.717) is 0 Å². The lowest BCUT2D eigenvalue weighted by Gasteiger charge is -2.24. The number of H-pyrrole nitrogens is 1. The molecule has 1 atom stereocenters. The Bertz CT molecular complexity index is 495. The fourth-order valence-corrected chi connectivity index (χ4v) is 2.45. The molecular weight excluding hydrogens is 230 g/mol. The van der Waals surface area contributed by atoms with Crippen LogP contribution in [-0.4, -0.2) is 42.0 Å². The zero-order valence-electron chi connectivity index (χ0n) is 10.8. The van der Waals surface area contributed by atoms with Crippen molar-refractivity contribution in [3.63, 3.8) is 0 Å². The van der Waals surface area contributed by atoms with Crippen molar-refractivity contribution in [2.24, 2.45) is 0 Å². The highest BCUT2D eigenvalue weighted by molar-refractivity contribution is 5.94. The van der Waals surface area contributed by atoms with Crippen molar-refractivity contribution in [1.29, 1.82) is 0 Å². The number of hydrogen-bond donors (Lipinski definition) is 2. The molecule has 0 bridgehead atoms. The van der Waals surface area contributed by atoms with Crippen LogP contribution in [-0.2, 0) is 0 Å². The van der Waals surface area contributed by atoms with Gasteiger partial charge < -0.3 is 15.2 Å². The van der Waals surface area contributed by atoms with E-state index in [4.69, 9.17) is 0 Å². The van der Waals surface area contributed by atoms with Gasteiger partial charge in [0.05, 0.1) is 0 Å². The van der Waals surface area contributed by atoms with Crippen LogP contribution in [0.5, 0.6) is 0 Å². The molecule has 1 aliphatic rings. The van der Waals surface area contributed by atoms with Gasteiger partial charge in [-0.25, -0.2) is 0 Å². The minimum atomic E-state index is -0.202. The molecule has 2 N–H and O–H groups in total.